The van der Waals surface area contributed by atoms with E-state index < -0.39 is 0 Å². The largest absolute Gasteiger partial charge is 0.380 e. The van der Waals surface area contributed by atoms with Crippen molar-refractivity contribution in [1.82, 2.24) is 0 Å². The van der Waals surface area contributed by atoms with Gasteiger partial charge in [-0.15, -0.1) is 0 Å². The smallest absolute Gasteiger partial charge is 0.0696 e. The Morgan fingerprint density at radius 2 is 1.73 bits per heavy atom. The molecule has 0 saturated heterocycles. The SMILES string of the molecule is CCC[C@H](Br)[C@@H](CCC)OC. The molecule has 0 aliphatic heterocycles. The van der Waals surface area contributed by atoms with E-state index in [0.717, 1.165) is 6.42 Å². The first-order valence-corrected chi connectivity index (χ1v) is 5.34. The lowest BCUT2D eigenvalue weighted by molar-refractivity contribution is 0.0919. The van der Waals surface area contributed by atoms with Crippen LogP contribution in [-0.2, 0) is 4.74 Å². The molecular weight excluding hydrogens is 204 g/mol. The monoisotopic (exact) mass is 222 g/mol. The first kappa shape index (κ1) is 11.4. The zero-order chi connectivity index (χ0) is 8.69. The maximum absolute atomic E-state index is 5.36. The van der Waals surface area contributed by atoms with Crippen molar-refractivity contribution in [2.24, 2.45) is 0 Å². The van der Waals surface area contributed by atoms with Gasteiger partial charge in [0, 0.05) is 11.9 Å². The zero-order valence-corrected chi connectivity index (χ0v) is 9.36. The summed E-state index contributed by atoms with van der Waals surface area (Å²) in [5.41, 5.74) is 0. The van der Waals surface area contributed by atoms with Crippen molar-refractivity contribution in [3.63, 3.8) is 0 Å². The van der Waals surface area contributed by atoms with Crippen LogP contribution in [0.25, 0.3) is 0 Å². The number of methoxy groups -OCH3 is 1. The number of alkyl halides is 1. The summed E-state index contributed by atoms with van der Waals surface area (Å²) in [4.78, 5) is 0.539. The zero-order valence-electron chi connectivity index (χ0n) is 7.77. The second-order valence-electron chi connectivity index (χ2n) is 2.87. The molecule has 0 aromatic rings. The molecule has 0 fully saturated rings. The molecule has 2 atom stereocenters. The van der Waals surface area contributed by atoms with Crippen LogP contribution in [0.5, 0.6) is 0 Å². The molecule has 0 radical (unpaired) electrons. The highest BCUT2D eigenvalue weighted by Crippen LogP contribution is 2.18. The third-order valence-electron chi connectivity index (χ3n) is 1.84. The van der Waals surface area contributed by atoms with Crippen LogP contribution in [0.4, 0.5) is 0 Å². The van der Waals surface area contributed by atoms with Crippen molar-refractivity contribution in [3.8, 4) is 0 Å². The summed E-state index contributed by atoms with van der Waals surface area (Å²) in [5.74, 6) is 0. The third-order valence-corrected chi connectivity index (χ3v) is 2.89. The maximum Gasteiger partial charge on any atom is 0.0696 e. The number of hydrogen-bond donors (Lipinski definition) is 0. The second kappa shape index (κ2) is 7.11. The van der Waals surface area contributed by atoms with E-state index in [4.69, 9.17) is 4.74 Å². The summed E-state index contributed by atoms with van der Waals surface area (Å²) in [6, 6.07) is 0. The molecule has 0 aliphatic rings. The van der Waals surface area contributed by atoms with E-state index >= 15 is 0 Å². The number of hydrogen-bond acceptors (Lipinski definition) is 1. The molecule has 0 saturated carbocycles. The van der Waals surface area contributed by atoms with Gasteiger partial charge >= 0.3 is 0 Å². The fraction of sp³-hybridized carbons (Fsp3) is 1.00. The molecule has 0 N–H and O–H groups in total. The number of rotatable bonds is 6. The van der Waals surface area contributed by atoms with Crippen molar-refractivity contribution < 1.29 is 4.74 Å². The van der Waals surface area contributed by atoms with Gasteiger partial charge in [-0.3, -0.25) is 0 Å². The van der Waals surface area contributed by atoms with E-state index in [1.807, 2.05) is 0 Å². The summed E-state index contributed by atoms with van der Waals surface area (Å²) in [6.07, 6.45) is 5.19. The Balaban J connectivity index is 3.61. The minimum atomic E-state index is 0.403. The minimum Gasteiger partial charge on any atom is -0.380 e. The Hall–Kier alpha value is 0.440. The van der Waals surface area contributed by atoms with Crippen LogP contribution in [0.15, 0.2) is 0 Å². The molecule has 0 aromatic heterocycles. The van der Waals surface area contributed by atoms with E-state index in [0.29, 0.717) is 10.9 Å². The van der Waals surface area contributed by atoms with Crippen molar-refractivity contribution in [2.45, 2.75) is 50.5 Å². The molecule has 0 aromatic carbocycles. The van der Waals surface area contributed by atoms with Gasteiger partial charge in [0.25, 0.3) is 0 Å². The summed E-state index contributed by atoms with van der Waals surface area (Å²) in [5, 5.41) is 0. The second-order valence-corrected chi connectivity index (χ2v) is 4.04. The highest BCUT2D eigenvalue weighted by atomic mass is 79.9. The number of halogens is 1. The topological polar surface area (TPSA) is 9.23 Å². The van der Waals surface area contributed by atoms with E-state index in [2.05, 4.69) is 29.8 Å². The fourth-order valence-corrected chi connectivity index (χ4v) is 2.13. The van der Waals surface area contributed by atoms with Gasteiger partial charge in [0.05, 0.1) is 6.10 Å². The summed E-state index contributed by atoms with van der Waals surface area (Å²) < 4.78 is 5.36. The highest BCUT2D eigenvalue weighted by molar-refractivity contribution is 9.09. The lowest BCUT2D eigenvalue weighted by atomic mass is 10.1. The van der Waals surface area contributed by atoms with E-state index in [9.17, 15) is 0 Å². The van der Waals surface area contributed by atoms with E-state index in [-0.39, 0.29) is 0 Å². The van der Waals surface area contributed by atoms with Crippen LogP contribution in [0.2, 0.25) is 0 Å². The van der Waals surface area contributed by atoms with E-state index in [1.165, 1.54) is 19.3 Å². The predicted octanol–water partition coefficient (Wildman–Crippen LogP) is 3.37. The quantitative estimate of drug-likeness (QED) is 0.627. The van der Waals surface area contributed by atoms with Gasteiger partial charge in [0.2, 0.25) is 0 Å². The highest BCUT2D eigenvalue weighted by Gasteiger charge is 2.15. The van der Waals surface area contributed by atoms with Gasteiger partial charge in [-0.25, -0.2) is 0 Å². The maximum atomic E-state index is 5.36. The summed E-state index contributed by atoms with van der Waals surface area (Å²) >= 11 is 3.64. The Bertz CT molecular complexity index is 85.6. The predicted molar refractivity (Wildman–Crippen MR) is 53.3 cm³/mol. The molecule has 0 unspecified atom stereocenters. The molecule has 0 amide bonds. The molecule has 1 nitrogen and oxygen atoms in total. The van der Waals surface area contributed by atoms with Crippen LogP contribution < -0.4 is 0 Å². The minimum absolute atomic E-state index is 0.403. The summed E-state index contributed by atoms with van der Waals surface area (Å²) in [6.45, 7) is 4.39. The van der Waals surface area contributed by atoms with Gasteiger partial charge in [-0.1, -0.05) is 42.6 Å². The molecule has 0 spiro atoms. The molecule has 0 heterocycles. The van der Waals surface area contributed by atoms with Crippen molar-refractivity contribution in [3.05, 3.63) is 0 Å². The average molecular weight is 223 g/mol. The summed E-state index contributed by atoms with van der Waals surface area (Å²) in [7, 11) is 1.80. The van der Waals surface area contributed by atoms with Crippen molar-refractivity contribution >= 4 is 15.9 Å². The Morgan fingerprint density at radius 3 is 2.09 bits per heavy atom. The fourth-order valence-electron chi connectivity index (χ4n) is 1.19. The standard InChI is InChI=1S/C9H19BrO/c1-4-6-8(10)9(11-3)7-5-2/h8-9H,4-7H2,1-3H3/t8-,9+/m0/s1. The van der Waals surface area contributed by atoms with E-state index in [1.54, 1.807) is 7.11 Å². The van der Waals surface area contributed by atoms with Gasteiger partial charge in [-0.2, -0.15) is 0 Å². The van der Waals surface area contributed by atoms with Gasteiger partial charge < -0.3 is 4.74 Å². The number of ether oxygens (including phenoxy) is 1. The molecule has 0 aliphatic carbocycles. The van der Waals surface area contributed by atoms with Crippen LogP contribution >= 0.6 is 15.9 Å². The Morgan fingerprint density at radius 1 is 1.18 bits per heavy atom. The van der Waals surface area contributed by atoms with Crippen LogP contribution in [0.3, 0.4) is 0 Å². The van der Waals surface area contributed by atoms with Gasteiger partial charge in [-0.05, 0) is 12.8 Å². The van der Waals surface area contributed by atoms with Crippen LogP contribution in [0, 0.1) is 0 Å². The lowest BCUT2D eigenvalue weighted by Crippen LogP contribution is -2.22. The average Bonchev–Trinajstić information content (AvgIpc) is 2.00. The van der Waals surface area contributed by atoms with Crippen LogP contribution in [0.1, 0.15) is 39.5 Å². The molecule has 11 heavy (non-hydrogen) atoms. The van der Waals surface area contributed by atoms with Crippen molar-refractivity contribution in [1.29, 1.82) is 0 Å². The first-order chi connectivity index (χ1) is 5.26. The molecule has 68 valence electrons. The molecule has 0 rings (SSSR count). The first-order valence-electron chi connectivity index (χ1n) is 4.43. The third kappa shape index (κ3) is 4.81. The molecular formula is C9H19BrO. The Kier molecular flexibility index (Phi) is 7.39. The lowest BCUT2D eigenvalue weighted by Gasteiger charge is -2.19. The molecule has 0 bridgehead atoms. The molecule has 2 heteroatoms. The van der Waals surface area contributed by atoms with Gasteiger partial charge in [0.15, 0.2) is 0 Å². The Labute approximate surface area is 78.6 Å². The normalized spacial score (nSPS) is 16.4. The van der Waals surface area contributed by atoms with Gasteiger partial charge in [0.1, 0.15) is 0 Å². The van der Waals surface area contributed by atoms with Crippen molar-refractivity contribution in [2.75, 3.05) is 7.11 Å². The van der Waals surface area contributed by atoms with Crippen LogP contribution in [-0.4, -0.2) is 18.0 Å².